The van der Waals surface area contributed by atoms with Gasteiger partial charge < -0.3 is 24.8 Å². The first-order valence-electron chi connectivity index (χ1n) is 12.9. The summed E-state index contributed by atoms with van der Waals surface area (Å²) in [5, 5.41) is 6.15. The third kappa shape index (κ3) is 6.28. The molecule has 1 saturated carbocycles. The average Bonchev–Trinajstić information content (AvgIpc) is 3.65. The fourth-order valence-corrected chi connectivity index (χ4v) is 5.18. The molecule has 0 radical (unpaired) electrons. The van der Waals surface area contributed by atoms with Crippen LogP contribution in [0.4, 0.5) is 4.79 Å². The van der Waals surface area contributed by atoms with Gasteiger partial charge in [0.15, 0.2) is 11.5 Å². The minimum Gasteiger partial charge on any atom is -0.493 e. The maximum absolute atomic E-state index is 13.1. The van der Waals surface area contributed by atoms with Crippen molar-refractivity contribution in [3.8, 4) is 11.5 Å². The molecular formula is C31H36N2O5. The molecule has 0 aromatic heterocycles. The highest BCUT2D eigenvalue weighted by Gasteiger charge is 2.59. The lowest BCUT2D eigenvalue weighted by Gasteiger charge is -2.28. The van der Waals surface area contributed by atoms with E-state index in [1.165, 1.54) is 0 Å². The van der Waals surface area contributed by atoms with Crippen molar-refractivity contribution in [2.24, 2.45) is 17.3 Å². The number of methoxy groups -OCH3 is 2. The summed E-state index contributed by atoms with van der Waals surface area (Å²) in [6, 6.07) is 24.8. The van der Waals surface area contributed by atoms with E-state index in [-0.39, 0.29) is 35.8 Å². The summed E-state index contributed by atoms with van der Waals surface area (Å²) in [5.74, 6) is 1.12. The Labute approximate surface area is 224 Å². The van der Waals surface area contributed by atoms with E-state index in [9.17, 15) is 9.59 Å². The van der Waals surface area contributed by atoms with Crippen LogP contribution >= 0.6 is 0 Å². The first kappa shape index (κ1) is 27.0. The van der Waals surface area contributed by atoms with Crippen molar-refractivity contribution in [3.63, 3.8) is 0 Å². The lowest BCUT2D eigenvalue weighted by atomic mass is 9.86. The first-order valence-corrected chi connectivity index (χ1v) is 12.9. The Morgan fingerprint density at radius 2 is 1.58 bits per heavy atom. The molecule has 4 rings (SSSR count). The number of rotatable bonds is 11. The molecule has 0 unspecified atom stereocenters. The summed E-state index contributed by atoms with van der Waals surface area (Å²) in [6.45, 7) is 4.67. The number of ether oxygens (including phenoxy) is 3. The second-order valence-corrected chi connectivity index (χ2v) is 10.1. The minimum absolute atomic E-state index is 0.0213. The van der Waals surface area contributed by atoms with Gasteiger partial charge in [0.1, 0.15) is 6.61 Å². The molecule has 7 nitrogen and oxygen atoms in total. The summed E-state index contributed by atoms with van der Waals surface area (Å²) < 4.78 is 16.2. The summed E-state index contributed by atoms with van der Waals surface area (Å²) >= 11 is 0. The van der Waals surface area contributed by atoms with E-state index in [1.807, 2.05) is 85.8 Å². The van der Waals surface area contributed by atoms with Crippen molar-refractivity contribution >= 4 is 12.0 Å². The molecule has 2 amide bonds. The van der Waals surface area contributed by atoms with Gasteiger partial charge in [0.25, 0.3) is 0 Å². The van der Waals surface area contributed by atoms with E-state index in [1.54, 1.807) is 14.2 Å². The van der Waals surface area contributed by atoms with Crippen LogP contribution in [-0.4, -0.2) is 26.2 Å². The van der Waals surface area contributed by atoms with Crippen LogP contribution in [0.15, 0.2) is 78.9 Å². The fourth-order valence-electron chi connectivity index (χ4n) is 5.18. The van der Waals surface area contributed by atoms with Crippen molar-refractivity contribution in [3.05, 3.63) is 95.6 Å². The number of nitrogens with one attached hydrogen (secondary N) is 2. The van der Waals surface area contributed by atoms with Gasteiger partial charge in [-0.3, -0.25) is 4.79 Å². The number of hydrogen-bond acceptors (Lipinski definition) is 5. The minimum atomic E-state index is -0.472. The van der Waals surface area contributed by atoms with E-state index in [0.717, 1.165) is 23.1 Å². The standard InChI is InChI=1S/C31H36N2O5/c1-21(29(34)32-19-23-15-16-26(36-3)27(17-23)37-4)25-18-31(25,2)28(24-13-9-6-10-14-24)33-30(35)38-20-22-11-7-5-8-12-22/h5-17,21,25,28H,18-20H2,1-4H3,(H,32,34)(H,33,35)/t21-,25+,28+,31-/m1/s1. The van der Waals surface area contributed by atoms with Gasteiger partial charge in [0, 0.05) is 12.5 Å². The molecule has 7 heteroatoms. The van der Waals surface area contributed by atoms with Gasteiger partial charge in [0.2, 0.25) is 5.91 Å². The SMILES string of the molecule is COc1ccc(CNC(=O)[C@H](C)[C@@H]2C[C@@]2(C)[C@@H](NC(=O)OCc2ccccc2)c2ccccc2)cc1OC. The number of alkyl carbamates (subject to hydrolysis) is 1. The smallest absolute Gasteiger partial charge is 0.407 e. The Kier molecular flexibility index (Phi) is 8.56. The molecule has 3 aromatic carbocycles. The molecule has 4 atom stereocenters. The van der Waals surface area contributed by atoms with Gasteiger partial charge in [-0.2, -0.15) is 0 Å². The molecule has 38 heavy (non-hydrogen) atoms. The Morgan fingerprint density at radius 3 is 2.24 bits per heavy atom. The van der Waals surface area contributed by atoms with E-state index < -0.39 is 6.09 Å². The number of hydrogen-bond donors (Lipinski definition) is 2. The molecule has 3 aromatic rings. The number of carbonyl (C=O) groups is 2. The van der Waals surface area contributed by atoms with Crippen molar-refractivity contribution < 1.29 is 23.8 Å². The molecule has 0 spiro atoms. The van der Waals surface area contributed by atoms with Crippen LogP contribution in [-0.2, 0) is 22.7 Å². The van der Waals surface area contributed by atoms with Crippen LogP contribution in [0.5, 0.6) is 11.5 Å². The van der Waals surface area contributed by atoms with Crippen LogP contribution in [0.25, 0.3) is 0 Å². The van der Waals surface area contributed by atoms with Gasteiger partial charge in [0.05, 0.1) is 20.3 Å². The molecule has 200 valence electrons. The maximum atomic E-state index is 13.1. The maximum Gasteiger partial charge on any atom is 0.407 e. The molecular weight excluding hydrogens is 480 g/mol. The summed E-state index contributed by atoms with van der Waals surface area (Å²) in [6.07, 6.45) is 0.344. The Morgan fingerprint density at radius 1 is 0.921 bits per heavy atom. The Balaban J connectivity index is 1.40. The van der Waals surface area contributed by atoms with Crippen LogP contribution < -0.4 is 20.1 Å². The monoisotopic (exact) mass is 516 g/mol. The van der Waals surface area contributed by atoms with Crippen molar-refractivity contribution in [2.45, 2.75) is 39.5 Å². The van der Waals surface area contributed by atoms with E-state index in [0.29, 0.717) is 18.0 Å². The van der Waals surface area contributed by atoms with Crippen molar-refractivity contribution in [1.82, 2.24) is 10.6 Å². The molecule has 0 saturated heterocycles. The van der Waals surface area contributed by atoms with Crippen molar-refractivity contribution in [1.29, 1.82) is 0 Å². The Hall–Kier alpha value is -4.00. The van der Waals surface area contributed by atoms with Crippen LogP contribution in [0.2, 0.25) is 0 Å². The molecule has 1 aliphatic carbocycles. The molecule has 1 aliphatic rings. The first-order chi connectivity index (χ1) is 18.4. The summed E-state index contributed by atoms with van der Waals surface area (Å²) in [4.78, 5) is 25.9. The predicted molar refractivity (Wildman–Crippen MR) is 146 cm³/mol. The largest absolute Gasteiger partial charge is 0.493 e. The van der Waals surface area contributed by atoms with Gasteiger partial charge >= 0.3 is 6.09 Å². The zero-order valence-electron chi connectivity index (χ0n) is 22.4. The molecule has 2 N–H and O–H groups in total. The van der Waals surface area contributed by atoms with Gasteiger partial charge in [-0.1, -0.05) is 80.6 Å². The van der Waals surface area contributed by atoms with Crippen LogP contribution in [0.3, 0.4) is 0 Å². The summed E-state index contributed by atoms with van der Waals surface area (Å²) in [7, 11) is 3.18. The van der Waals surface area contributed by atoms with E-state index in [2.05, 4.69) is 17.6 Å². The van der Waals surface area contributed by atoms with Crippen LogP contribution in [0.1, 0.15) is 43.0 Å². The number of benzene rings is 3. The highest BCUT2D eigenvalue weighted by atomic mass is 16.5. The predicted octanol–water partition coefficient (Wildman–Crippen LogP) is 5.65. The molecule has 1 fully saturated rings. The summed E-state index contributed by atoms with van der Waals surface area (Å²) in [5.41, 5.74) is 2.56. The number of amides is 2. The lowest BCUT2D eigenvalue weighted by Crippen LogP contribution is -2.37. The van der Waals surface area contributed by atoms with Gasteiger partial charge in [-0.15, -0.1) is 0 Å². The topological polar surface area (TPSA) is 85.9 Å². The van der Waals surface area contributed by atoms with Gasteiger partial charge in [-0.25, -0.2) is 4.79 Å². The van der Waals surface area contributed by atoms with Crippen LogP contribution in [0, 0.1) is 17.3 Å². The zero-order valence-corrected chi connectivity index (χ0v) is 22.4. The second-order valence-electron chi connectivity index (χ2n) is 10.1. The number of carbonyl (C=O) groups excluding carboxylic acids is 2. The van der Waals surface area contributed by atoms with Gasteiger partial charge in [-0.05, 0) is 46.6 Å². The fraction of sp³-hybridized carbons (Fsp3) is 0.355. The quantitative estimate of drug-likeness (QED) is 0.344. The van der Waals surface area contributed by atoms with E-state index >= 15 is 0 Å². The third-order valence-corrected chi connectivity index (χ3v) is 7.55. The van der Waals surface area contributed by atoms with Crippen molar-refractivity contribution in [2.75, 3.05) is 14.2 Å². The lowest BCUT2D eigenvalue weighted by molar-refractivity contribution is -0.125. The highest BCUT2D eigenvalue weighted by Crippen LogP contribution is 2.63. The second kappa shape index (κ2) is 12.0. The average molecular weight is 517 g/mol. The molecule has 0 heterocycles. The highest BCUT2D eigenvalue weighted by molar-refractivity contribution is 5.79. The third-order valence-electron chi connectivity index (χ3n) is 7.55. The zero-order chi connectivity index (χ0) is 27.1. The normalized spacial score (nSPS) is 19.5. The molecule has 0 aliphatic heterocycles. The van der Waals surface area contributed by atoms with E-state index in [4.69, 9.17) is 14.2 Å². The Bertz CT molecular complexity index is 1230. The molecule has 0 bridgehead atoms.